The van der Waals surface area contributed by atoms with Crippen LogP contribution in [0, 0.1) is 76.5 Å². The number of nitriles is 1. The molecule has 12 atom stereocenters. The number of aromatic nitrogens is 6. The summed E-state index contributed by atoms with van der Waals surface area (Å²) in [5, 5.41) is 26.6. The van der Waals surface area contributed by atoms with Gasteiger partial charge in [-0.25, -0.2) is 90.1 Å². The standard InChI is InChI=1S/C54H84N6O9.C36H54N6O6.C6H10O/c1-13-16-19-22-25-67-43(61)55-40-28-49(4,5)34-52(10,31-40)37-58-46(64)59(38-53(11)32-41(29-50(6,7)35-53)56-44(62)68-26-23-20-17-14-2)48(66)60(47(58)65)39-54(12)33-42(30-51(8,9)36-54)57-45(63)69-27-24-21-18-15-3;1-31(2)10-25(38-23-43)12-34(7,16-31)19-40-28(45)41(20-35(8)13-26(39-24-44)11-32(3,4)17-35)30(47)42(29(40)46)21-36(9)15-27(48-22-37)14-33(5,6)18-36;1-2-3-4-5-6-7/h13-24,40-42H,25-39H2,1-12H3,(H,55,61)(H,56,62)(H,57,63);25-27H,10-21H2,1-9H3;2-5,7H,6H2,1H3/b16-13+,17-14+,18-15+,22-19+,23-20+,24-21+;;3-2+,5-4+. The Balaban J connectivity index is 0.000000374. The highest BCUT2D eigenvalue weighted by Gasteiger charge is 2.50. The molecule has 2 heterocycles. The van der Waals surface area contributed by atoms with Gasteiger partial charge in [-0.15, -0.1) is 0 Å². The Bertz CT molecular complexity index is 4430. The van der Waals surface area contributed by atoms with Crippen molar-refractivity contribution in [3.63, 3.8) is 0 Å². The fraction of sp³-hybridized carbons (Fsp3) is 0.708. The third kappa shape index (κ3) is 31.6. The molecule has 28 nitrogen and oxygen atoms in total. The van der Waals surface area contributed by atoms with Gasteiger partial charge in [-0.1, -0.05) is 204 Å². The number of nitrogens with zero attached hydrogens (tertiary/aromatic N) is 9. The first-order valence-corrected chi connectivity index (χ1v) is 44.3. The van der Waals surface area contributed by atoms with Crippen molar-refractivity contribution in [2.45, 2.75) is 343 Å². The van der Waals surface area contributed by atoms with Crippen molar-refractivity contribution in [3.8, 4) is 6.26 Å². The van der Waals surface area contributed by atoms with E-state index in [1.165, 1.54) is 27.4 Å². The predicted molar refractivity (Wildman–Crippen MR) is 485 cm³/mol. The van der Waals surface area contributed by atoms with E-state index in [9.17, 15) is 43.6 Å². The zero-order valence-electron chi connectivity index (χ0n) is 78.6. The van der Waals surface area contributed by atoms with Gasteiger partial charge in [0.25, 0.3) is 6.26 Å². The van der Waals surface area contributed by atoms with Crippen LogP contribution in [0.2, 0.25) is 0 Å². The molecule has 2 aromatic rings. The monoisotopic (exact) mass is 1730 g/mol. The van der Waals surface area contributed by atoms with E-state index in [1.807, 2.05) is 124 Å². The number of amides is 3. The number of aliphatic hydroxyl groups excluding tert-OH is 1. The Morgan fingerprint density at radius 1 is 0.363 bits per heavy atom. The van der Waals surface area contributed by atoms with Crippen LogP contribution in [0.1, 0.15) is 268 Å². The number of ether oxygens (including phenoxy) is 4. The van der Waals surface area contributed by atoms with Gasteiger partial charge in [0.15, 0.2) is 0 Å². The molecular weight excluding hydrogens is 1580 g/mol. The van der Waals surface area contributed by atoms with Crippen molar-refractivity contribution >= 4 is 30.4 Å². The minimum Gasteiger partial charge on any atom is -0.445 e. The minimum atomic E-state index is -0.691. The first-order chi connectivity index (χ1) is 57.7. The Labute approximate surface area is 734 Å². The highest BCUT2D eigenvalue weighted by atomic mass is 16.6. The third-order valence-corrected chi connectivity index (χ3v) is 25.0. The molecule has 4 N–H and O–H groups in total. The molecule has 0 aromatic carbocycles. The van der Waals surface area contributed by atoms with E-state index >= 15 is 14.4 Å². The maximum absolute atomic E-state index is 15.1. The molecule has 6 fully saturated rings. The maximum Gasteiger partial charge on any atom is 0.407 e. The van der Waals surface area contributed by atoms with Gasteiger partial charge in [0.05, 0.1) is 18.7 Å². The van der Waals surface area contributed by atoms with Gasteiger partial charge in [-0.3, -0.25) is 0 Å². The summed E-state index contributed by atoms with van der Waals surface area (Å²) in [6.07, 6.45) is 43.2. The number of hydrogen-bond donors (Lipinski definition) is 4. The number of aliphatic imine (C=N–C) groups is 2. The van der Waals surface area contributed by atoms with Gasteiger partial charge in [-0.2, -0.15) is 5.26 Å². The summed E-state index contributed by atoms with van der Waals surface area (Å²) in [5.74, 6) is 0. The molecule has 28 heteroatoms. The van der Waals surface area contributed by atoms with E-state index in [0.717, 1.165) is 0 Å². The fourth-order valence-electron chi connectivity index (χ4n) is 23.6. The molecule has 6 aliphatic rings. The van der Waals surface area contributed by atoms with Gasteiger partial charge in [0.1, 0.15) is 25.9 Å². The van der Waals surface area contributed by atoms with Gasteiger partial charge in [0.2, 0.25) is 12.2 Å². The first kappa shape index (κ1) is 103. The van der Waals surface area contributed by atoms with Gasteiger partial charge in [0, 0.05) is 57.4 Å². The Morgan fingerprint density at radius 2 is 0.597 bits per heavy atom. The van der Waals surface area contributed by atoms with E-state index < -0.39 is 84.9 Å². The molecule has 0 spiro atoms. The zero-order valence-corrected chi connectivity index (χ0v) is 78.6. The molecule has 8 rings (SSSR count). The normalized spacial score (nSPS) is 29.3. The van der Waals surface area contributed by atoms with Crippen molar-refractivity contribution in [1.29, 1.82) is 5.26 Å². The quantitative estimate of drug-likeness (QED) is 0.0193. The number of hydrogen-bond acceptors (Lipinski definition) is 19. The average molecular weight is 1730 g/mol. The maximum atomic E-state index is 15.1. The highest BCUT2D eigenvalue weighted by molar-refractivity contribution is 5.68. The molecule has 0 saturated heterocycles. The molecule has 124 heavy (non-hydrogen) atoms. The van der Waals surface area contributed by atoms with Gasteiger partial charge >= 0.3 is 52.4 Å². The smallest absolute Gasteiger partial charge is 0.407 e. The Morgan fingerprint density at radius 3 is 0.839 bits per heavy atom. The number of carbonyl (C=O) groups is 3. The van der Waals surface area contributed by atoms with Crippen molar-refractivity contribution in [3.05, 3.63) is 160 Å². The minimum absolute atomic E-state index is 0.00907. The van der Waals surface area contributed by atoms with Crippen LogP contribution in [0.5, 0.6) is 0 Å². The molecule has 2 aromatic heterocycles. The second kappa shape index (κ2) is 43.6. The van der Waals surface area contributed by atoms with Crippen LogP contribution < -0.4 is 50.1 Å². The molecule has 688 valence electrons. The predicted octanol–water partition coefficient (Wildman–Crippen LogP) is 15.7. The highest BCUT2D eigenvalue weighted by Crippen LogP contribution is 2.53. The van der Waals surface area contributed by atoms with Crippen molar-refractivity contribution in [2.24, 2.45) is 75.0 Å². The summed E-state index contributed by atoms with van der Waals surface area (Å²) in [7, 11) is 0. The molecular formula is C96H148N12O16. The average Bonchev–Trinajstić information content (AvgIpc) is 0.747. The fourth-order valence-corrected chi connectivity index (χ4v) is 23.6. The molecule has 6 saturated carbocycles. The van der Waals surface area contributed by atoms with E-state index in [4.69, 9.17) is 24.1 Å². The first-order valence-electron chi connectivity index (χ1n) is 44.3. The number of rotatable bonds is 29. The van der Waals surface area contributed by atoms with Crippen molar-refractivity contribution in [1.82, 2.24) is 43.4 Å². The Hall–Kier alpha value is -9.44. The lowest BCUT2D eigenvalue weighted by Gasteiger charge is -2.48. The van der Waals surface area contributed by atoms with Crippen molar-refractivity contribution < 1.29 is 48.0 Å². The van der Waals surface area contributed by atoms with Crippen LogP contribution in [0.3, 0.4) is 0 Å². The number of nitrogens with one attached hydrogen (secondary N) is 3. The summed E-state index contributed by atoms with van der Waals surface area (Å²) in [6, 6.07) is -1.50. The summed E-state index contributed by atoms with van der Waals surface area (Å²) >= 11 is 0. The van der Waals surface area contributed by atoms with Crippen LogP contribution in [0.25, 0.3) is 0 Å². The number of allylic oxidation sites excluding steroid dienone is 12. The van der Waals surface area contributed by atoms with Crippen LogP contribution in [0.15, 0.2) is 136 Å². The Kier molecular flexibility index (Phi) is 36.4. The number of aliphatic hydroxyl groups is 1. The van der Waals surface area contributed by atoms with Crippen molar-refractivity contribution in [2.75, 3.05) is 26.4 Å². The molecule has 0 bridgehead atoms. The lowest BCUT2D eigenvalue weighted by atomic mass is 9.62. The van der Waals surface area contributed by atoms with Gasteiger partial charge in [-0.05, 0) is 226 Å². The second-order valence-electron chi connectivity index (χ2n) is 43.5. The molecule has 3 amide bonds. The van der Waals surface area contributed by atoms with E-state index in [0.29, 0.717) is 116 Å². The van der Waals surface area contributed by atoms with Crippen LogP contribution in [-0.4, -0.2) is 126 Å². The molecule has 0 radical (unpaired) electrons. The zero-order chi connectivity index (χ0) is 92.7. The summed E-state index contributed by atoms with van der Waals surface area (Å²) in [4.78, 5) is 158. The number of isocyanates is 2. The molecule has 0 aliphatic heterocycles. The lowest BCUT2D eigenvalue weighted by molar-refractivity contribution is -0.0206. The van der Waals surface area contributed by atoms with Crippen LogP contribution in [-0.2, 0) is 67.8 Å². The van der Waals surface area contributed by atoms with E-state index in [1.54, 1.807) is 60.8 Å². The molecule has 6 aliphatic carbocycles. The van der Waals surface area contributed by atoms with E-state index in [-0.39, 0.29) is 134 Å². The van der Waals surface area contributed by atoms with Gasteiger partial charge < -0.3 is 40.0 Å². The summed E-state index contributed by atoms with van der Waals surface area (Å²) in [5.41, 5.74) is -9.23. The lowest BCUT2D eigenvalue weighted by Crippen LogP contribution is -2.60. The largest absolute Gasteiger partial charge is 0.445 e. The van der Waals surface area contributed by atoms with E-state index in [2.05, 4.69) is 109 Å². The SMILES string of the molecule is C/C=C/C=C/CO.C/C=C/C=C/COC(=O)NC1CC(C)(C)CC(C)(Cn2c(=O)n(CC3(C)CC(NC(=O)OC/C=C/C=C/C)CC(C)(C)C3)c(=O)n(CC3(C)CC(NC(=O)OC/C=C/C=C/C)CC(C)(C)C3)c2=O)C1.CC1(C)CC(N=C=O)CC(C)(Cn2c(=O)n(CC3(C)CC(N=C=O)CC(C)(C)C3)c(=O)n(CC3(C)CC(OC#N)CC(C)(C)C3)c2=O)C1. The second-order valence-corrected chi connectivity index (χ2v) is 43.5. The number of alkyl carbamates (subject to hydrolysis) is 3. The van der Waals surface area contributed by atoms with Crippen LogP contribution in [0.4, 0.5) is 14.4 Å². The summed E-state index contributed by atoms with van der Waals surface area (Å²) in [6.45, 7) is 45.7. The topological polar surface area (TPSA) is 359 Å². The number of carbonyl (C=O) groups excluding carboxylic acids is 5. The molecule has 12 unspecified atom stereocenters. The summed E-state index contributed by atoms with van der Waals surface area (Å²) < 4.78 is 29.1. The third-order valence-electron chi connectivity index (χ3n) is 25.0. The van der Waals surface area contributed by atoms with Crippen LogP contribution >= 0.6 is 0 Å².